The highest BCUT2D eigenvalue weighted by atomic mass is 16.6. The molecule has 216 valence electrons. The van der Waals surface area contributed by atoms with Crippen LogP contribution < -0.4 is 14.2 Å². The predicted octanol–water partition coefficient (Wildman–Crippen LogP) is 6.77. The van der Waals surface area contributed by atoms with Crippen LogP contribution in [0.5, 0.6) is 34.5 Å². The fraction of sp³-hybridized carbons (Fsp3) is 0. The number of phenols is 3. The van der Waals surface area contributed by atoms with E-state index in [2.05, 4.69) is 0 Å². The molecule has 0 aliphatic rings. The summed E-state index contributed by atoms with van der Waals surface area (Å²) in [6.45, 7) is 0. The van der Waals surface area contributed by atoms with Crippen molar-refractivity contribution in [1.29, 1.82) is 0 Å². The molecule has 0 aliphatic heterocycles. The van der Waals surface area contributed by atoms with Gasteiger partial charge in [-0.15, -0.1) is 0 Å². The molecule has 0 bridgehead atoms. The minimum atomic E-state index is -0.746. The normalized spacial score (nSPS) is 10.8. The first-order chi connectivity index (χ1) is 21.3. The van der Waals surface area contributed by atoms with Gasteiger partial charge in [0.05, 0.1) is 22.1 Å². The number of rotatable bonds is 6. The van der Waals surface area contributed by atoms with Crippen molar-refractivity contribution < 1.29 is 43.9 Å². The van der Waals surface area contributed by atoms with E-state index in [0.29, 0.717) is 16.2 Å². The van der Waals surface area contributed by atoms with Crippen molar-refractivity contribution >= 4 is 39.5 Å². The Morgan fingerprint density at radius 3 is 1.41 bits per heavy atom. The van der Waals surface area contributed by atoms with Crippen LogP contribution in [-0.4, -0.2) is 33.2 Å². The van der Waals surface area contributed by atoms with Crippen LogP contribution in [-0.2, 0) is 0 Å². The molecule has 6 aromatic rings. The van der Waals surface area contributed by atoms with Gasteiger partial charge in [-0.25, -0.2) is 14.4 Å². The number of ether oxygens (including phenoxy) is 3. The van der Waals surface area contributed by atoms with Gasteiger partial charge in [-0.05, 0) is 96.4 Å². The molecule has 0 fully saturated rings. The van der Waals surface area contributed by atoms with Crippen molar-refractivity contribution in [3.63, 3.8) is 0 Å². The molecular weight excluding hydrogens is 564 g/mol. The van der Waals surface area contributed by atoms with Gasteiger partial charge >= 0.3 is 17.9 Å². The summed E-state index contributed by atoms with van der Waals surface area (Å²) in [6.07, 6.45) is 0. The van der Waals surface area contributed by atoms with Crippen molar-refractivity contribution in [2.45, 2.75) is 0 Å². The lowest BCUT2D eigenvalue weighted by molar-refractivity contribution is 0.0720. The van der Waals surface area contributed by atoms with Crippen molar-refractivity contribution in [1.82, 2.24) is 0 Å². The van der Waals surface area contributed by atoms with Crippen molar-refractivity contribution in [2.75, 3.05) is 0 Å². The summed E-state index contributed by atoms with van der Waals surface area (Å²) in [4.78, 5) is 39.6. The van der Waals surface area contributed by atoms with Crippen LogP contribution >= 0.6 is 0 Å². The summed E-state index contributed by atoms with van der Waals surface area (Å²) in [5.74, 6) is -2.12. The van der Waals surface area contributed by atoms with Crippen LogP contribution in [0.3, 0.4) is 0 Å². The number of esters is 3. The number of hydrogen-bond acceptors (Lipinski definition) is 9. The lowest BCUT2D eigenvalue weighted by atomic mass is 10.0. The summed E-state index contributed by atoms with van der Waals surface area (Å²) in [6, 6.07) is 28.2. The lowest BCUT2D eigenvalue weighted by Gasteiger charge is -2.17. The highest BCUT2D eigenvalue weighted by Crippen LogP contribution is 2.45. The molecule has 3 N–H and O–H groups in total. The first kappa shape index (κ1) is 27.8. The Kier molecular flexibility index (Phi) is 7.26. The van der Waals surface area contributed by atoms with Crippen LogP contribution in [0.4, 0.5) is 0 Å². The van der Waals surface area contributed by atoms with E-state index < -0.39 is 17.9 Å². The van der Waals surface area contributed by atoms with Crippen LogP contribution in [0.25, 0.3) is 21.5 Å². The summed E-state index contributed by atoms with van der Waals surface area (Å²) in [5.41, 5.74) is 0.488. The highest BCUT2D eigenvalue weighted by molar-refractivity contribution is 6.13. The third-order valence-electron chi connectivity index (χ3n) is 6.81. The average Bonchev–Trinajstić information content (AvgIpc) is 3.03. The van der Waals surface area contributed by atoms with Crippen molar-refractivity contribution in [2.24, 2.45) is 0 Å². The first-order valence-corrected chi connectivity index (χ1v) is 13.3. The van der Waals surface area contributed by atoms with Gasteiger partial charge in [0.2, 0.25) is 0 Å². The van der Waals surface area contributed by atoms with Crippen LogP contribution in [0, 0.1) is 0 Å². The van der Waals surface area contributed by atoms with E-state index in [1.165, 1.54) is 84.9 Å². The number of carbonyl (C=O) groups is 3. The first-order valence-electron chi connectivity index (χ1n) is 13.3. The maximum atomic E-state index is 13.3. The highest BCUT2D eigenvalue weighted by Gasteiger charge is 2.23. The standard InChI is InChI=1S/C35H22O9/c36-24-11-5-20(6-12-24)33(39)42-29-17-18-30(43-34(40)21-7-13-25(37)14-8-21)31-28(29)19-23-3-1-2-4-27(23)32(31)44-35(41)22-9-15-26(38)16-10-22/h1-19,36-38H. The van der Waals surface area contributed by atoms with Gasteiger partial charge in [0.15, 0.2) is 5.75 Å². The fourth-order valence-electron chi connectivity index (χ4n) is 4.62. The molecule has 6 aromatic carbocycles. The van der Waals surface area contributed by atoms with E-state index in [1.54, 1.807) is 30.3 Å². The van der Waals surface area contributed by atoms with E-state index in [9.17, 15) is 29.7 Å². The smallest absolute Gasteiger partial charge is 0.343 e. The molecule has 0 amide bonds. The Morgan fingerprint density at radius 1 is 0.455 bits per heavy atom. The Balaban J connectivity index is 1.52. The average molecular weight is 587 g/mol. The maximum Gasteiger partial charge on any atom is 0.343 e. The fourth-order valence-corrected chi connectivity index (χ4v) is 4.62. The van der Waals surface area contributed by atoms with Crippen LogP contribution in [0.15, 0.2) is 115 Å². The molecule has 6 rings (SSSR count). The number of carbonyl (C=O) groups excluding carboxylic acids is 3. The maximum absolute atomic E-state index is 13.3. The largest absolute Gasteiger partial charge is 0.508 e. The van der Waals surface area contributed by atoms with Gasteiger partial charge in [-0.2, -0.15) is 0 Å². The molecule has 0 saturated carbocycles. The molecule has 0 heterocycles. The second-order valence-corrected chi connectivity index (χ2v) is 9.72. The van der Waals surface area contributed by atoms with E-state index in [-0.39, 0.29) is 56.6 Å². The van der Waals surface area contributed by atoms with Gasteiger partial charge in [-0.3, -0.25) is 0 Å². The molecule has 0 spiro atoms. The van der Waals surface area contributed by atoms with E-state index >= 15 is 0 Å². The third kappa shape index (κ3) is 5.57. The zero-order valence-corrected chi connectivity index (χ0v) is 22.8. The Labute approximate surface area is 249 Å². The Morgan fingerprint density at radius 2 is 0.886 bits per heavy atom. The monoisotopic (exact) mass is 586 g/mol. The van der Waals surface area contributed by atoms with Gasteiger partial charge < -0.3 is 29.5 Å². The molecular formula is C35H22O9. The minimum absolute atomic E-state index is 0.0154. The number of hydrogen-bond donors (Lipinski definition) is 3. The van der Waals surface area contributed by atoms with Gasteiger partial charge in [0.25, 0.3) is 0 Å². The topological polar surface area (TPSA) is 140 Å². The number of phenolic OH excluding ortho intramolecular Hbond substituents is 3. The second-order valence-electron chi connectivity index (χ2n) is 9.72. The van der Waals surface area contributed by atoms with Gasteiger partial charge in [0, 0.05) is 10.8 Å². The summed E-state index contributed by atoms with van der Waals surface area (Å²) >= 11 is 0. The molecule has 0 atom stereocenters. The molecule has 44 heavy (non-hydrogen) atoms. The molecule has 9 nitrogen and oxygen atoms in total. The van der Waals surface area contributed by atoms with E-state index in [0.717, 1.165) is 0 Å². The molecule has 0 aliphatic carbocycles. The van der Waals surface area contributed by atoms with Crippen LogP contribution in [0.2, 0.25) is 0 Å². The zero-order valence-electron chi connectivity index (χ0n) is 22.8. The molecule has 0 radical (unpaired) electrons. The quantitative estimate of drug-likeness (QED) is 0.110. The number of aromatic hydroxyl groups is 3. The number of fused-ring (bicyclic) bond motifs is 2. The van der Waals surface area contributed by atoms with Crippen molar-refractivity contribution in [3.05, 3.63) is 132 Å². The predicted molar refractivity (Wildman–Crippen MR) is 161 cm³/mol. The Hall–Kier alpha value is -6.35. The van der Waals surface area contributed by atoms with E-state index in [4.69, 9.17) is 14.2 Å². The SMILES string of the molecule is O=C(Oc1ccc(OC(=O)c2ccc(O)cc2)c2c(OC(=O)c3ccc(O)cc3)c3ccccc3cc12)c1ccc(O)cc1. The minimum Gasteiger partial charge on any atom is -0.508 e. The molecule has 0 saturated heterocycles. The van der Waals surface area contributed by atoms with Gasteiger partial charge in [-0.1, -0.05) is 24.3 Å². The van der Waals surface area contributed by atoms with Crippen molar-refractivity contribution in [3.8, 4) is 34.5 Å². The lowest BCUT2D eigenvalue weighted by Crippen LogP contribution is -2.12. The van der Waals surface area contributed by atoms with E-state index in [1.807, 2.05) is 0 Å². The summed E-state index contributed by atoms with van der Waals surface area (Å²) in [7, 11) is 0. The summed E-state index contributed by atoms with van der Waals surface area (Å²) in [5, 5.41) is 30.5. The molecule has 9 heteroatoms. The van der Waals surface area contributed by atoms with Gasteiger partial charge in [0.1, 0.15) is 28.7 Å². The summed E-state index contributed by atoms with van der Waals surface area (Å²) < 4.78 is 17.5. The molecule has 0 unspecified atom stereocenters. The zero-order chi connectivity index (χ0) is 30.8. The second kappa shape index (κ2) is 11.5. The third-order valence-corrected chi connectivity index (χ3v) is 6.81. The van der Waals surface area contributed by atoms with Crippen LogP contribution in [0.1, 0.15) is 31.1 Å². The molecule has 0 aromatic heterocycles. The Bertz CT molecular complexity index is 2050. The number of benzene rings is 6.